The zero-order valence-corrected chi connectivity index (χ0v) is 18.5. The Kier molecular flexibility index (Phi) is 6.48. The number of thiophene rings is 1. The molecule has 0 radical (unpaired) electrons. The van der Waals surface area contributed by atoms with Crippen LogP contribution < -0.4 is 5.32 Å². The predicted octanol–water partition coefficient (Wildman–Crippen LogP) is 2.89. The molecule has 8 heteroatoms. The second-order valence-corrected chi connectivity index (χ2v) is 8.65. The van der Waals surface area contributed by atoms with Crippen molar-refractivity contribution < 1.29 is 14.3 Å². The molecule has 1 atom stereocenters. The van der Waals surface area contributed by atoms with Gasteiger partial charge in [0.2, 0.25) is 0 Å². The number of amides is 1. The molecule has 3 heterocycles. The normalized spacial score (nSPS) is 17.5. The lowest BCUT2D eigenvalue weighted by Gasteiger charge is -2.33. The monoisotopic (exact) mass is 428 g/mol. The Bertz CT molecular complexity index is 1030. The fourth-order valence-corrected chi connectivity index (χ4v) is 5.14. The highest BCUT2D eigenvalue weighted by Gasteiger charge is 2.30. The molecule has 1 fully saturated rings. The van der Waals surface area contributed by atoms with Gasteiger partial charge in [0.15, 0.2) is 0 Å². The summed E-state index contributed by atoms with van der Waals surface area (Å²) >= 11 is 1.53. The van der Waals surface area contributed by atoms with Crippen LogP contribution >= 0.6 is 11.3 Å². The van der Waals surface area contributed by atoms with E-state index in [-0.39, 0.29) is 12.0 Å². The number of aromatic nitrogens is 2. The summed E-state index contributed by atoms with van der Waals surface area (Å²) in [5, 5.41) is 8.53. The van der Waals surface area contributed by atoms with E-state index >= 15 is 0 Å². The third kappa shape index (κ3) is 4.41. The van der Waals surface area contributed by atoms with Crippen LogP contribution in [0.4, 0.5) is 0 Å². The number of hydrogen-bond donors (Lipinski definition) is 1. The lowest BCUT2D eigenvalue weighted by atomic mass is 10.0. The van der Waals surface area contributed by atoms with E-state index in [0.717, 1.165) is 45.9 Å². The molecule has 1 aromatic carbocycles. The maximum Gasteiger partial charge on any atom is 0.261 e. The Morgan fingerprint density at radius 2 is 2.23 bits per heavy atom. The van der Waals surface area contributed by atoms with E-state index in [0.29, 0.717) is 19.8 Å². The maximum absolute atomic E-state index is 12.9. The van der Waals surface area contributed by atoms with Crippen LogP contribution in [-0.4, -0.2) is 60.5 Å². The first-order valence-electron chi connectivity index (χ1n) is 10.2. The van der Waals surface area contributed by atoms with Crippen LogP contribution in [-0.2, 0) is 23.1 Å². The number of morpholine rings is 1. The molecule has 0 spiro atoms. The molecule has 4 rings (SSSR count). The van der Waals surface area contributed by atoms with Gasteiger partial charge in [-0.25, -0.2) is 0 Å². The van der Waals surface area contributed by atoms with Gasteiger partial charge < -0.3 is 14.8 Å². The largest absolute Gasteiger partial charge is 0.383 e. The molecule has 0 bridgehead atoms. The van der Waals surface area contributed by atoms with Crippen LogP contribution in [0.1, 0.15) is 32.6 Å². The number of rotatable bonds is 7. The third-order valence-corrected chi connectivity index (χ3v) is 6.60. The topological polar surface area (TPSA) is 68.6 Å². The Labute approximate surface area is 180 Å². The third-order valence-electron chi connectivity index (χ3n) is 5.41. The molecule has 7 nitrogen and oxygen atoms in total. The Balaban J connectivity index is 1.60. The van der Waals surface area contributed by atoms with E-state index in [1.165, 1.54) is 16.9 Å². The van der Waals surface area contributed by atoms with Crippen LogP contribution in [0, 0.1) is 6.92 Å². The number of carbonyl (C=O) groups excluding carboxylic acids is 1. The highest BCUT2D eigenvalue weighted by atomic mass is 32.1. The summed E-state index contributed by atoms with van der Waals surface area (Å²) in [5.41, 5.74) is 3.28. The van der Waals surface area contributed by atoms with Crippen LogP contribution in [0.5, 0.6) is 0 Å². The minimum atomic E-state index is -0.143. The molecule has 2 aromatic heterocycles. The molecule has 1 saturated heterocycles. The van der Waals surface area contributed by atoms with E-state index in [1.807, 2.05) is 30.8 Å². The van der Waals surface area contributed by atoms with Gasteiger partial charge in [-0.05, 0) is 18.4 Å². The fraction of sp³-hybridized carbons (Fsp3) is 0.455. The van der Waals surface area contributed by atoms with Crippen molar-refractivity contribution in [3.05, 3.63) is 52.2 Å². The number of nitrogens with one attached hydrogen (secondary N) is 1. The van der Waals surface area contributed by atoms with Crippen molar-refractivity contribution in [3.8, 4) is 0 Å². The van der Waals surface area contributed by atoms with Crippen LogP contribution in [0.15, 0.2) is 30.5 Å². The summed E-state index contributed by atoms with van der Waals surface area (Å²) in [6.07, 6.45) is 1.93. The van der Waals surface area contributed by atoms with Gasteiger partial charge in [0.25, 0.3) is 5.91 Å². The Morgan fingerprint density at radius 1 is 1.40 bits per heavy atom. The average molecular weight is 429 g/mol. The van der Waals surface area contributed by atoms with Gasteiger partial charge in [-0.3, -0.25) is 14.4 Å². The molecule has 30 heavy (non-hydrogen) atoms. The second kappa shape index (κ2) is 9.26. The van der Waals surface area contributed by atoms with E-state index in [1.54, 1.807) is 7.11 Å². The summed E-state index contributed by atoms with van der Waals surface area (Å²) in [6.45, 7) is 6.10. The van der Waals surface area contributed by atoms with E-state index in [2.05, 4.69) is 33.6 Å². The number of nitrogens with zero attached hydrogens (tertiary/aromatic N) is 3. The standard InChI is InChI=1S/C22H28N4O3S/c1-15-16(12-25(2)24-15)13-26-9-11-29-18(14-26)20-17-6-4-5-7-19(17)30-21(20)22(27)23-8-10-28-3/h4-7,12,18H,8-11,13-14H2,1-3H3,(H,23,27)/t18-/m1/s1. The van der Waals surface area contributed by atoms with Gasteiger partial charge in [0.05, 0.1) is 29.9 Å². The van der Waals surface area contributed by atoms with Crippen molar-refractivity contribution in [1.29, 1.82) is 0 Å². The minimum Gasteiger partial charge on any atom is -0.383 e. The minimum absolute atomic E-state index is 0.0629. The lowest BCUT2D eigenvalue weighted by molar-refractivity contribution is -0.0323. The molecule has 1 aliphatic rings. The first-order chi connectivity index (χ1) is 14.6. The number of aryl methyl sites for hydroxylation is 2. The Morgan fingerprint density at radius 3 is 3.00 bits per heavy atom. The van der Waals surface area contributed by atoms with Gasteiger partial charge in [-0.15, -0.1) is 11.3 Å². The van der Waals surface area contributed by atoms with Gasteiger partial charge >= 0.3 is 0 Å². The number of fused-ring (bicyclic) bond motifs is 1. The number of benzene rings is 1. The quantitative estimate of drug-likeness (QED) is 0.586. The molecule has 160 valence electrons. The lowest BCUT2D eigenvalue weighted by Crippen LogP contribution is -2.38. The van der Waals surface area contributed by atoms with Crippen molar-refractivity contribution >= 4 is 27.3 Å². The van der Waals surface area contributed by atoms with Crippen LogP contribution in [0.3, 0.4) is 0 Å². The zero-order chi connectivity index (χ0) is 21.1. The summed E-state index contributed by atoms with van der Waals surface area (Å²) in [6, 6.07) is 8.18. The van der Waals surface area contributed by atoms with Crippen molar-refractivity contribution in [1.82, 2.24) is 20.0 Å². The van der Waals surface area contributed by atoms with Crippen molar-refractivity contribution in [2.24, 2.45) is 7.05 Å². The van der Waals surface area contributed by atoms with Gasteiger partial charge in [0, 0.05) is 62.4 Å². The van der Waals surface area contributed by atoms with Gasteiger partial charge in [-0.2, -0.15) is 5.10 Å². The first kappa shape index (κ1) is 21.0. The van der Waals surface area contributed by atoms with Gasteiger partial charge in [0.1, 0.15) is 0 Å². The number of ether oxygens (including phenoxy) is 2. The van der Waals surface area contributed by atoms with Gasteiger partial charge in [-0.1, -0.05) is 18.2 Å². The molecule has 0 unspecified atom stereocenters. The fourth-order valence-electron chi connectivity index (χ4n) is 3.97. The van der Waals surface area contributed by atoms with Crippen molar-refractivity contribution in [2.75, 3.05) is 40.0 Å². The van der Waals surface area contributed by atoms with Crippen molar-refractivity contribution in [3.63, 3.8) is 0 Å². The number of methoxy groups -OCH3 is 1. The van der Waals surface area contributed by atoms with E-state index in [9.17, 15) is 4.79 Å². The maximum atomic E-state index is 12.9. The molecule has 0 aliphatic carbocycles. The summed E-state index contributed by atoms with van der Waals surface area (Å²) in [7, 11) is 3.58. The molecule has 1 amide bonds. The molecular weight excluding hydrogens is 400 g/mol. The summed E-state index contributed by atoms with van der Waals surface area (Å²) in [4.78, 5) is 16.1. The van der Waals surface area contributed by atoms with Crippen LogP contribution in [0.2, 0.25) is 0 Å². The second-order valence-electron chi connectivity index (χ2n) is 7.60. The van der Waals surface area contributed by atoms with Crippen LogP contribution in [0.25, 0.3) is 10.1 Å². The van der Waals surface area contributed by atoms with Crippen molar-refractivity contribution in [2.45, 2.75) is 19.6 Å². The van der Waals surface area contributed by atoms with E-state index in [4.69, 9.17) is 9.47 Å². The molecule has 0 saturated carbocycles. The number of hydrogen-bond acceptors (Lipinski definition) is 6. The zero-order valence-electron chi connectivity index (χ0n) is 17.7. The average Bonchev–Trinajstić information content (AvgIpc) is 3.27. The first-order valence-corrected chi connectivity index (χ1v) is 11.0. The smallest absolute Gasteiger partial charge is 0.261 e. The van der Waals surface area contributed by atoms with E-state index < -0.39 is 0 Å². The highest BCUT2D eigenvalue weighted by molar-refractivity contribution is 7.21. The molecule has 3 aromatic rings. The highest BCUT2D eigenvalue weighted by Crippen LogP contribution is 2.38. The molecule has 1 aliphatic heterocycles. The Hall–Kier alpha value is -2.26. The number of carbonyl (C=O) groups is 1. The summed E-state index contributed by atoms with van der Waals surface area (Å²) < 4.78 is 14.2. The molecular formula is C22H28N4O3S. The SMILES string of the molecule is COCCNC(=O)c1sc2ccccc2c1[C@H]1CN(Cc2cn(C)nc2C)CCO1. The predicted molar refractivity (Wildman–Crippen MR) is 118 cm³/mol. The molecule has 1 N–H and O–H groups in total. The summed E-state index contributed by atoms with van der Waals surface area (Å²) in [5.74, 6) is -0.0629.